The topological polar surface area (TPSA) is 85.3 Å². The number of benzene rings is 2. The van der Waals surface area contributed by atoms with E-state index < -0.39 is 9.84 Å². The molecule has 2 aromatic rings. The number of sulfone groups is 1. The maximum Gasteiger partial charge on any atom is 0.254 e. The Kier molecular flexibility index (Phi) is 7.46. The Labute approximate surface area is 214 Å². The van der Waals surface area contributed by atoms with Gasteiger partial charge in [-0.2, -0.15) is 0 Å². The minimum Gasteiger partial charge on any atom is -0.493 e. The van der Waals surface area contributed by atoms with E-state index in [0.29, 0.717) is 30.1 Å². The van der Waals surface area contributed by atoms with Crippen molar-refractivity contribution in [3.8, 4) is 11.5 Å². The van der Waals surface area contributed by atoms with Gasteiger partial charge >= 0.3 is 0 Å². The lowest BCUT2D eigenvalue weighted by atomic mass is 9.81. The number of hydrogen-bond acceptors (Lipinski definition) is 6. The molecule has 0 unspecified atom stereocenters. The van der Waals surface area contributed by atoms with Crippen LogP contribution in [0.3, 0.4) is 0 Å². The molecular weight excluding hydrogens is 476 g/mol. The first-order valence-corrected chi connectivity index (χ1v) is 14.4. The molecule has 4 rings (SSSR count). The zero-order valence-corrected chi connectivity index (χ0v) is 22.8. The van der Waals surface area contributed by atoms with Crippen LogP contribution in [0.25, 0.3) is 0 Å². The zero-order valence-electron chi connectivity index (χ0n) is 21.9. The fourth-order valence-electron chi connectivity index (χ4n) is 5.39. The highest BCUT2D eigenvalue weighted by atomic mass is 32.2. The number of hydrogen-bond donors (Lipinski definition) is 0. The molecule has 1 saturated heterocycles. The van der Waals surface area contributed by atoms with Crippen LogP contribution in [-0.2, 0) is 9.84 Å². The van der Waals surface area contributed by atoms with Crippen molar-refractivity contribution in [3.63, 3.8) is 0 Å². The lowest BCUT2D eigenvalue weighted by Gasteiger charge is -2.35. The minimum absolute atomic E-state index is 0.00175. The number of rotatable bonds is 7. The predicted molar refractivity (Wildman–Crippen MR) is 142 cm³/mol. The Morgan fingerprint density at radius 3 is 2.33 bits per heavy atom. The normalized spacial score (nSPS) is 20.4. The monoisotopic (exact) mass is 512 g/mol. The number of methoxy groups -OCH3 is 1. The first-order valence-electron chi connectivity index (χ1n) is 12.6. The van der Waals surface area contributed by atoms with E-state index in [2.05, 4.69) is 0 Å². The molecule has 1 fully saturated rings. The molecule has 2 aromatic carbocycles. The number of carbonyl (C=O) groups excluding carboxylic acids is 1. The van der Waals surface area contributed by atoms with Crippen molar-refractivity contribution in [3.05, 3.63) is 58.7 Å². The number of ether oxygens (including phenoxy) is 2. The molecule has 0 spiro atoms. The van der Waals surface area contributed by atoms with Crippen LogP contribution in [-0.4, -0.2) is 68.3 Å². The molecule has 0 radical (unpaired) electrons. The highest BCUT2D eigenvalue weighted by molar-refractivity contribution is 7.91. The third kappa shape index (κ3) is 5.01. The van der Waals surface area contributed by atoms with Crippen LogP contribution in [0, 0.1) is 0 Å². The average molecular weight is 513 g/mol. The quantitative estimate of drug-likeness (QED) is 0.546. The summed E-state index contributed by atoms with van der Waals surface area (Å²) in [5.74, 6) is 1.18. The maximum atomic E-state index is 13.2. The molecule has 8 heteroatoms. The fraction of sp³-hybridized carbons (Fsp3) is 0.500. The van der Waals surface area contributed by atoms with Gasteiger partial charge in [0.15, 0.2) is 21.3 Å². The summed E-state index contributed by atoms with van der Waals surface area (Å²) < 4.78 is 36.4. The molecule has 1 amide bonds. The van der Waals surface area contributed by atoms with Gasteiger partial charge < -0.3 is 14.4 Å². The smallest absolute Gasteiger partial charge is 0.254 e. The first-order chi connectivity index (χ1) is 17.1. The maximum absolute atomic E-state index is 13.2. The fourth-order valence-corrected chi connectivity index (χ4v) is 7.10. The van der Waals surface area contributed by atoms with E-state index in [1.807, 2.05) is 75.9 Å². The molecule has 2 heterocycles. The van der Waals surface area contributed by atoms with Gasteiger partial charge in [0.1, 0.15) is 0 Å². The van der Waals surface area contributed by atoms with Crippen LogP contribution in [0.5, 0.6) is 11.5 Å². The summed E-state index contributed by atoms with van der Waals surface area (Å²) >= 11 is 0. The van der Waals surface area contributed by atoms with Crippen molar-refractivity contribution >= 4 is 21.5 Å². The SMILES string of the molecule is CCOc1cc2c(cc1OC)C(c1ccc(C(=O)N(C(C)C)C(C)C)cc1)=N[C@@H]1CCS(=O)(=O)C[C@H]21. The summed E-state index contributed by atoms with van der Waals surface area (Å²) in [4.78, 5) is 20.1. The third-order valence-corrected chi connectivity index (χ3v) is 8.68. The van der Waals surface area contributed by atoms with E-state index in [1.165, 1.54) is 0 Å². The highest BCUT2D eigenvalue weighted by Crippen LogP contribution is 2.43. The Morgan fingerprint density at radius 1 is 1.08 bits per heavy atom. The second-order valence-electron chi connectivity index (χ2n) is 10.1. The standard InChI is InChI=1S/C28H36N2O5S/c1-7-35-26-14-21-22(15-25(26)34-6)27(29-24-12-13-36(32,33)16-23(21)24)19-8-10-20(11-9-19)28(31)30(17(2)3)18(4)5/h8-11,14-15,17-18,23-24H,7,12-13,16H2,1-6H3/t23-,24-/m1/s1. The summed E-state index contributed by atoms with van der Waals surface area (Å²) in [6.45, 7) is 10.5. The van der Waals surface area contributed by atoms with Gasteiger partial charge in [-0.05, 0) is 70.9 Å². The van der Waals surface area contributed by atoms with Crippen LogP contribution in [0.1, 0.15) is 74.0 Å². The van der Waals surface area contributed by atoms with E-state index in [9.17, 15) is 13.2 Å². The number of nitrogens with zero attached hydrogens (tertiary/aromatic N) is 2. The van der Waals surface area contributed by atoms with E-state index >= 15 is 0 Å². The van der Waals surface area contributed by atoms with E-state index in [4.69, 9.17) is 14.5 Å². The van der Waals surface area contributed by atoms with Crippen molar-refractivity contribution in [2.45, 2.75) is 65.1 Å². The van der Waals surface area contributed by atoms with Gasteiger partial charge in [0, 0.05) is 34.7 Å². The molecular formula is C28H36N2O5S. The second-order valence-corrected chi connectivity index (χ2v) is 12.3. The van der Waals surface area contributed by atoms with Gasteiger partial charge in [-0.3, -0.25) is 9.79 Å². The third-order valence-electron chi connectivity index (χ3n) is 6.96. The Bertz CT molecular complexity index is 1260. The molecule has 2 aliphatic heterocycles. The van der Waals surface area contributed by atoms with Crippen LogP contribution in [0.2, 0.25) is 0 Å². The summed E-state index contributed by atoms with van der Waals surface area (Å²) in [7, 11) is -1.55. The Hall–Kier alpha value is -2.87. The minimum atomic E-state index is -3.14. The lowest BCUT2D eigenvalue weighted by molar-refractivity contribution is 0.0643. The van der Waals surface area contributed by atoms with Gasteiger partial charge in [0.2, 0.25) is 0 Å². The molecule has 2 atom stereocenters. The van der Waals surface area contributed by atoms with E-state index in [0.717, 1.165) is 22.4 Å². The van der Waals surface area contributed by atoms with Gasteiger partial charge in [0.25, 0.3) is 5.91 Å². The number of carbonyl (C=O) groups is 1. The average Bonchev–Trinajstić information content (AvgIpc) is 2.82. The van der Waals surface area contributed by atoms with Crippen LogP contribution in [0.4, 0.5) is 0 Å². The molecule has 36 heavy (non-hydrogen) atoms. The first kappa shape index (κ1) is 26.2. The van der Waals surface area contributed by atoms with Crippen LogP contribution < -0.4 is 9.47 Å². The predicted octanol–water partition coefficient (Wildman–Crippen LogP) is 4.47. The second kappa shape index (κ2) is 10.2. The van der Waals surface area contributed by atoms with Crippen molar-refractivity contribution < 1.29 is 22.7 Å². The van der Waals surface area contributed by atoms with Gasteiger partial charge in [-0.15, -0.1) is 0 Å². The Balaban J connectivity index is 1.78. The van der Waals surface area contributed by atoms with Crippen LogP contribution in [0.15, 0.2) is 41.4 Å². The molecule has 0 aromatic heterocycles. The van der Waals surface area contributed by atoms with Gasteiger partial charge in [0.05, 0.1) is 37.0 Å². The van der Waals surface area contributed by atoms with E-state index in [-0.39, 0.29) is 41.5 Å². The van der Waals surface area contributed by atoms with Gasteiger partial charge in [-0.1, -0.05) is 12.1 Å². The van der Waals surface area contributed by atoms with Gasteiger partial charge in [-0.25, -0.2) is 8.42 Å². The summed E-state index contributed by atoms with van der Waals surface area (Å²) in [6, 6.07) is 11.4. The molecule has 0 aliphatic carbocycles. The highest BCUT2D eigenvalue weighted by Gasteiger charge is 2.39. The number of aliphatic imine (C=N–C) groups is 1. The molecule has 0 saturated carbocycles. The Morgan fingerprint density at radius 2 is 1.75 bits per heavy atom. The number of amides is 1. The summed E-state index contributed by atoms with van der Waals surface area (Å²) in [6.07, 6.45) is 0.486. The van der Waals surface area contributed by atoms with Crippen molar-refractivity contribution in [1.82, 2.24) is 4.90 Å². The lowest BCUT2D eigenvalue weighted by Crippen LogP contribution is -2.42. The van der Waals surface area contributed by atoms with E-state index in [1.54, 1.807) is 7.11 Å². The van der Waals surface area contributed by atoms with Crippen molar-refractivity contribution in [1.29, 1.82) is 0 Å². The van der Waals surface area contributed by atoms with Crippen LogP contribution >= 0.6 is 0 Å². The molecule has 7 nitrogen and oxygen atoms in total. The van der Waals surface area contributed by atoms with Crippen molar-refractivity contribution in [2.75, 3.05) is 25.2 Å². The molecule has 194 valence electrons. The molecule has 0 N–H and O–H groups in total. The summed E-state index contributed by atoms with van der Waals surface area (Å²) in [5.41, 5.74) is 4.06. The van der Waals surface area contributed by atoms with Crippen molar-refractivity contribution in [2.24, 2.45) is 4.99 Å². The summed E-state index contributed by atoms with van der Waals surface area (Å²) in [5, 5.41) is 0. The molecule has 2 aliphatic rings. The zero-order chi connectivity index (χ0) is 26.2. The number of fused-ring (bicyclic) bond motifs is 3. The molecule has 0 bridgehead atoms. The largest absolute Gasteiger partial charge is 0.493 e.